The second kappa shape index (κ2) is 9.95. The van der Waals surface area contributed by atoms with E-state index in [2.05, 4.69) is 4.90 Å². The number of aliphatic carboxylic acids is 2. The van der Waals surface area contributed by atoms with E-state index in [4.69, 9.17) is 0 Å². The Hall–Kier alpha value is -2.52. The normalized spacial score (nSPS) is 19.9. The molecule has 0 radical (unpaired) electrons. The molecule has 176 valence electrons. The Balaban J connectivity index is 0.00000363. The van der Waals surface area contributed by atoms with E-state index in [1.165, 1.54) is 0 Å². The minimum Gasteiger partial charge on any atom is -0.478 e. The number of nitrogens with zero attached hydrogens (tertiary/aromatic N) is 2. The van der Waals surface area contributed by atoms with Crippen LogP contribution in [-0.2, 0) is 15.8 Å². The molecular weight excluding hydrogens is 449 g/mol. The predicted octanol–water partition coefficient (Wildman–Crippen LogP) is 4.34. The quantitative estimate of drug-likeness (QED) is 0.638. The summed E-state index contributed by atoms with van der Waals surface area (Å²) in [4.78, 5) is 28.2. The second-order valence-corrected chi connectivity index (χ2v) is 7.88. The summed E-state index contributed by atoms with van der Waals surface area (Å²) < 4.78 is 38.9. The van der Waals surface area contributed by atoms with Gasteiger partial charge in [0.1, 0.15) is 0 Å². The lowest BCUT2D eigenvalue weighted by Gasteiger charge is -2.36. The fourth-order valence-corrected chi connectivity index (χ4v) is 4.38. The highest BCUT2D eigenvalue weighted by molar-refractivity contribution is 5.98. The van der Waals surface area contributed by atoms with Crippen molar-refractivity contribution in [2.24, 2.45) is 0 Å². The van der Waals surface area contributed by atoms with Crippen LogP contribution >= 0.6 is 12.4 Å². The lowest BCUT2D eigenvalue weighted by atomic mass is 9.79. The molecule has 10 heteroatoms. The van der Waals surface area contributed by atoms with E-state index in [9.17, 15) is 33.0 Å². The fraction of sp³-hybridized carbons (Fsp3) is 0.455. The number of carboxylic acid groups (broad SMARTS) is 2. The third-order valence-electron chi connectivity index (χ3n) is 6.08. The molecule has 1 saturated heterocycles. The van der Waals surface area contributed by atoms with Crippen molar-refractivity contribution in [2.75, 3.05) is 26.7 Å². The molecule has 32 heavy (non-hydrogen) atoms. The molecule has 1 atom stereocenters. The number of allylic oxidation sites excluding steroid dienone is 1. The van der Waals surface area contributed by atoms with Crippen LogP contribution in [0, 0.1) is 0 Å². The molecular formula is C22H26ClF3N2O4. The van der Waals surface area contributed by atoms with Gasteiger partial charge in [-0.1, -0.05) is 12.1 Å². The first-order chi connectivity index (χ1) is 14.5. The third kappa shape index (κ3) is 5.10. The van der Waals surface area contributed by atoms with Gasteiger partial charge in [0.25, 0.3) is 0 Å². The van der Waals surface area contributed by atoms with Crippen molar-refractivity contribution < 1.29 is 33.0 Å². The van der Waals surface area contributed by atoms with Crippen molar-refractivity contribution in [3.63, 3.8) is 0 Å². The molecule has 1 aromatic rings. The number of hydrogen-bond acceptors (Lipinski definition) is 4. The second-order valence-electron chi connectivity index (χ2n) is 7.88. The summed E-state index contributed by atoms with van der Waals surface area (Å²) in [5.41, 5.74) is -0.0783. The summed E-state index contributed by atoms with van der Waals surface area (Å²) in [7, 11) is 1.63. The smallest absolute Gasteiger partial charge is 0.416 e. The Morgan fingerprint density at radius 2 is 1.56 bits per heavy atom. The van der Waals surface area contributed by atoms with Gasteiger partial charge in [-0.3, -0.25) is 0 Å². The summed E-state index contributed by atoms with van der Waals surface area (Å²) in [5, 5.41) is 19.9. The highest BCUT2D eigenvalue weighted by Gasteiger charge is 2.40. The standard InChI is InChI=1S/C22H25F3N2O4.ClH/c1-13-17(20(28)29)18(14-5-7-15(8-6-14)22(23,24)25)19(21(30)31)16(26(13)2)9-12-27-10-3-4-11-27;/h5-8,18H,3-4,9-12H2,1-2H3,(H,28,29)(H,30,31);1H. The third-order valence-corrected chi connectivity index (χ3v) is 6.08. The van der Waals surface area contributed by atoms with E-state index in [1.54, 1.807) is 18.9 Å². The molecule has 0 aliphatic carbocycles. The molecule has 1 fully saturated rings. The molecule has 6 nitrogen and oxygen atoms in total. The van der Waals surface area contributed by atoms with E-state index >= 15 is 0 Å². The number of alkyl halides is 3. The molecule has 1 unspecified atom stereocenters. The van der Waals surface area contributed by atoms with Gasteiger partial charge in [0.2, 0.25) is 0 Å². The zero-order chi connectivity index (χ0) is 22.9. The van der Waals surface area contributed by atoms with Crippen LogP contribution in [0.2, 0.25) is 0 Å². The molecule has 3 rings (SSSR count). The largest absolute Gasteiger partial charge is 0.478 e. The Morgan fingerprint density at radius 1 is 1.03 bits per heavy atom. The van der Waals surface area contributed by atoms with Crippen molar-refractivity contribution in [3.05, 3.63) is 57.9 Å². The van der Waals surface area contributed by atoms with Gasteiger partial charge in [-0.05, 0) is 50.6 Å². The number of likely N-dealkylation sites (tertiary alicyclic amines) is 1. The molecule has 2 aliphatic heterocycles. The Kier molecular flexibility index (Phi) is 8.01. The number of benzene rings is 1. The van der Waals surface area contributed by atoms with Crippen LogP contribution in [0.3, 0.4) is 0 Å². The molecule has 0 amide bonds. The minimum atomic E-state index is -4.54. The van der Waals surface area contributed by atoms with Crippen molar-refractivity contribution in [1.82, 2.24) is 9.80 Å². The lowest BCUT2D eigenvalue weighted by molar-refractivity contribution is -0.138. The maximum Gasteiger partial charge on any atom is 0.416 e. The maximum atomic E-state index is 13.0. The highest BCUT2D eigenvalue weighted by Crippen LogP contribution is 2.43. The van der Waals surface area contributed by atoms with E-state index < -0.39 is 29.6 Å². The van der Waals surface area contributed by atoms with Crippen LogP contribution in [0.5, 0.6) is 0 Å². The van der Waals surface area contributed by atoms with Crippen LogP contribution in [0.25, 0.3) is 0 Å². The van der Waals surface area contributed by atoms with Crippen molar-refractivity contribution in [3.8, 4) is 0 Å². The monoisotopic (exact) mass is 474 g/mol. The van der Waals surface area contributed by atoms with E-state index in [0.717, 1.165) is 50.2 Å². The summed E-state index contributed by atoms with van der Waals surface area (Å²) in [6.07, 6.45) is -1.98. The van der Waals surface area contributed by atoms with E-state index in [-0.39, 0.29) is 29.1 Å². The molecule has 2 heterocycles. The summed E-state index contributed by atoms with van der Waals surface area (Å²) >= 11 is 0. The first-order valence-electron chi connectivity index (χ1n) is 10.1. The first-order valence-corrected chi connectivity index (χ1v) is 10.1. The molecule has 2 aliphatic rings. The molecule has 0 saturated carbocycles. The van der Waals surface area contributed by atoms with Crippen LogP contribution < -0.4 is 0 Å². The Labute approximate surface area is 190 Å². The predicted molar refractivity (Wildman–Crippen MR) is 114 cm³/mol. The summed E-state index contributed by atoms with van der Waals surface area (Å²) in [6.45, 7) is 4.08. The van der Waals surface area contributed by atoms with E-state index in [1.807, 2.05) is 0 Å². The molecule has 0 bridgehead atoms. The summed E-state index contributed by atoms with van der Waals surface area (Å²) in [5.74, 6) is -3.74. The summed E-state index contributed by atoms with van der Waals surface area (Å²) in [6, 6.07) is 4.03. The van der Waals surface area contributed by atoms with Crippen LogP contribution in [0.1, 0.15) is 43.2 Å². The molecule has 2 N–H and O–H groups in total. The minimum absolute atomic E-state index is 0. The van der Waals surface area contributed by atoms with Crippen molar-refractivity contribution in [2.45, 2.75) is 38.3 Å². The average molecular weight is 475 g/mol. The number of rotatable bonds is 6. The van der Waals surface area contributed by atoms with Gasteiger partial charge in [0.15, 0.2) is 0 Å². The van der Waals surface area contributed by atoms with Gasteiger partial charge in [0.05, 0.1) is 22.6 Å². The van der Waals surface area contributed by atoms with Crippen molar-refractivity contribution >= 4 is 24.3 Å². The topological polar surface area (TPSA) is 81.1 Å². The number of hydrogen-bond donors (Lipinski definition) is 2. The zero-order valence-electron chi connectivity index (χ0n) is 17.8. The van der Waals surface area contributed by atoms with Crippen LogP contribution in [0.15, 0.2) is 46.8 Å². The van der Waals surface area contributed by atoms with E-state index in [0.29, 0.717) is 24.4 Å². The average Bonchev–Trinajstić information content (AvgIpc) is 3.21. The Bertz CT molecular complexity index is 935. The number of halogens is 4. The van der Waals surface area contributed by atoms with Crippen LogP contribution in [0.4, 0.5) is 13.2 Å². The molecule has 0 spiro atoms. The zero-order valence-corrected chi connectivity index (χ0v) is 18.6. The van der Waals surface area contributed by atoms with Gasteiger partial charge >= 0.3 is 18.1 Å². The van der Waals surface area contributed by atoms with Crippen molar-refractivity contribution in [1.29, 1.82) is 0 Å². The Morgan fingerprint density at radius 3 is 2.03 bits per heavy atom. The van der Waals surface area contributed by atoms with Gasteiger partial charge in [0, 0.05) is 31.4 Å². The van der Waals surface area contributed by atoms with Gasteiger partial charge in [-0.2, -0.15) is 13.2 Å². The van der Waals surface area contributed by atoms with Gasteiger partial charge < -0.3 is 20.0 Å². The van der Waals surface area contributed by atoms with Crippen LogP contribution in [-0.4, -0.2) is 58.6 Å². The molecule has 1 aromatic carbocycles. The van der Waals surface area contributed by atoms with Gasteiger partial charge in [-0.15, -0.1) is 12.4 Å². The highest BCUT2D eigenvalue weighted by atomic mass is 35.5. The fourth-order valence-electron chi connectivity index (χ4n) is 4.38. The SMILES string of the molecule is CC1=C(C(=O)O)C(c2ccc(C(F)(F)F)cc2)C(C(=O)O)=C(CCN2CCCC2)N1C.Cl. The lowest BCUT2D eigenvalue weighted by Crippen LogP contribution is -2.34. The first kappa shape index (κ1) is 25.7. The maximum absolute atomic E-state index is 13.0. The molecule has 0 aromatic heterocycles. The van der Waals surface area contributed by atoms with Gasteiger partial charge in [-0.25, -0.2) is 9.59 Å². The number of carbonyl (C=O) groups is 2. The number of carboxylic acids is 2.